The molecule has 92 valence electrons. The number of pyridine rings is 1. The third kappa shape index (κ3) is 2.46. The van der Waals surface area contributed by atoms with Crippen LogP contribution >= 0.6 is 22.7 Å². The Bertz CT molecular complexity index is 628. The van der Waals surface area contributed by atoms with E-state index in [2.05, 4.69) is 33.3 Å². The first-order chi connectivity index (χ1) is 8.83. The Labute approximate surface area is 114 Å². The van der Waals surface area contributed by atoms with E-state index in [9.17, 15) is 0 Å². The molecule has 4 heteroatoms. The Balaban J connectivity index is 1.72. The molecule has 18 heavy (non-hydrogen) atoms. The van der Waals surface area contributed by atoms with Crippen LogP contribution < -0.4 is 5.73 Å². The molecule has 3 rings (SSSR count). The van der Waals surface area contributed by atoms with Gasteiger partial charge in [-0.25, -0.2) is 0 Å². The van der Waals surface area contributed by atoms with E-state index in [0.717, 1.165) is 23.9 Å². The average molecular weight is 274 g/mol. The number of nitrogens with two attached hydrogens (primary N) is 1. The molecule has 3 heterocycles. The fourth-order valence-corrected chi connectivity index (χ4v) is 3.48. The molecule has 0 bridgehead atoms. The Kier molecular flexibility index (Phi) is 3.41. The van der Waals surface area contributed by atoms with Crippen LogP contribution in [-0.4, -0.2) is 4.98 Å². The molecule has 0 saturated heterocycles. The lowest BCUT2D eigenvalue weighted by Crippen LogP contribution is -2.11. The zero-order chi connectivity index (χ0) is 12.4. The predicted octanol–water partition coefficient (Wildman–Crippen LogP) is 3.99. The number of rotatable bonds is 4. The molecule has 2 N–H and O–H groups in total. The highest BCUT2D eigenvalue weighted by atomic mass is 32.1. The number of nitrogens with zero attached hydrogens (tertiary/aromatic N) is 1. The van der Waals surface area contributed by atoms with E-state index in [0.29, 0.717) is 0 Å². The highest BCUT2D eigenvalue weighted by Crippen LogP contribution is 2.24. The van der Waals surface area contributed by atoms with Gasteiger partial charge in [0.05, 0.1) is 10.2 Å². The molecule has 3 aromatic heterocycles. The van der Waals surface area contributed by atoms with Gasteiger partial charge in [-0.05, 0) is 58.3 Å². The first kappa shape index (κ1) is 11.8. The van der Waals surface area contributed by atoms with E-state index in [-0.39, 0.29) is 6.04 Å². The first-order valence-corrected chi connectivity index (χ1v) is 7.75. The number of thiophene rings is 2. The second-order valence-corrected chi connectivity index (χ2v) is 6.08. The molecule has 0 spiro atoms. The van der Waals surface area contributed by atoms with Crippen molar-refractivity contribution in [2.24, 2.45) is 5.73 Å². The molecule has 0 amide bonds. The summed E-state index contributed by atoms with van der Waals surface area (Å²) in [7, 11) is 0. The predicted molar refractivity (Wildman–Crippen MR) is 79.2 cm³/mol. The van der Waals surface area contributed by atoms with Gasteiger partial charge in [0.1, 0.15) is 0 Å². The largest absolute Gasteiger partial charge is 0.324 e. The van der Waals surface area contributed by atoms with Gasteiger partial charge in [-0.2, -0.15) is 11.3 Å². The van der Waals surface area contributed by atoms with Crippen molar-refractivity contribution in [2.45, 2.75) is 18.9 Å². The van der Waals surface area contributed by atoms with Crippen LogP contribution in [0.25, 0.3) is 10.2 Å². The van der Waals surface area contributed by atoms with Gasteiger partial charge in [0.25, 0.3) is 0 Å². The smallest absolute Gasteiger partial charge is 0.0809 e. The van der Waals surface area contributed by atoms with Crippen LogP contribution in [0.15, 0.2) is 40.5 Å². The van der Waals surface area contributed by atoms with Gasteiger partial charge in [0.2, 0.25) is 0 Å². The molecule has 1 atom stereocenters. The molecule has 1 unspecified atom stereocenters. The van der Waals surface area contributed by atoms with E-state index in [1.54, 1.807) is 22.7 Å². The van der Waals surface area contributed by atoms with Crippen molar-refractivity contribution in [3.05, 3.63) is 51.7 Å². The number of aromatic nitrogens is 1. The third-order valence-electron chi connectivity index (χ3n) is 3.08. The van der Waals surface area contributed by atoms with Crippen LogP contribution in [0.5, 0.6) is 0 Å². The minimum absolute atomic E-state index is 0.0731. The first-order valence-electron chi connectivity index (χ1n) is 5.93. The van der Waals surface area contributed by atoms with Crippen LogP contribution in [0.4, 0.5) is 0 Å². The van der Waals surface area contributed by atoms with Crippen LogP contribution in [0, 0.1) is 0 Å². The molecular formula is C14H14N2S2. The Morgan fingerprint density at radius 1 is 1.28 bits per heavy atom. The third-order valence-corrected chi connectivity index (χ3v) is 4.66. The summed E-state index contributed by atoms with van der Waals surface area (Å²) < 4.78 is 1.22. The minimum Gasteiger partial charge on any atom is -0.324 e. The van der Waals surface area contributed by atoms with E-state index in [1.165, 1.54) is 10.3 Å². The molecule has 0 aromatic carbocycles. The van der Waals surface area contributed by atoms with Crippen molar-refractivity contribution >= 4 is 32.9 Å². The summed E-state index contributed by atoms with van der Waals surface area (Å²) in [5, 5.41) is 6.37. The fraction of sp³-hybridized carbons (Fsp3) is 0.214. The summed E-state index contributed by atoms with van der Waals surface area (Å²) in [5.41, 5.74) is 9.82. The number of hydrogen-bond donors (Lipinski definition) is 1. The van der Waals surface area contributed by atoms with Gasteiger partial charge >= 0.3 is 0 Å². The summed E-state index contributed by atoms with van der Waals surface area (Å²) in [5.74, 6) is 0. The SMILES string of the molecule is NC(CCc1ccsc1)c1cnc2ccsc2c1. The Hall–Kier alpha value is -1.23. The molecule has 0 fully saturated rings. The number of fused-ring (bicyclic) bond motifs is 1. The van der Waals surface area contributed by atoms with Crippen molar-refractivity contribution in [1.82, 2.24) is 4.98 Å². The summed E-state index contributed by atoms with van der Waals surface area (Å²) in [4.78, 5) is 4.44. The fourth-order valence-electron chi connectivity index (χ4n) is 1.99. The standard InChI is InChI=1S/C14H14N2S2/c15-12(2-1-10-3-5-17-9-10)11-7-14-13(16-8-11)4-6-18-14/h3-9,12H,1-2,15H2. The lowest BCUT2D eigenvalue weighted by Gasteiger charge is -2.11. The summed E-state index contributed by atoms with van der Waals surface area (Å²) in [6.07, 6.45) is 3.91. The van der Waals surface area contributed by atoms with Gasteiger partial charge in [-0.15, -0.1) is 11.3 Å². The second kappa shape index (κ2) is 5.18. The molecule has 0 aliphatic heterocycles. The van der Waals surface area contributed by atoms with Crippen LogP contribution in [0.1, 0.15) is 23.6 Å². The van der Waals surface area contributed by atoms with Crippen molar-refractivity contribution < 1.29 is 0 Å². The van der Waals surface area contributed by atoms with E-state index in [4.69, 9.17) is 5.73 Å². The zero-order valence-electron chi connectivity index (χ0n) is 9.87. The maximum Gasteiger partial charge on any atom is 0.0809 e. The maximum absolute atomic E-state index is 6.24. The molecule has 0 aliphatic carbocycles. The Morgan fingerprint density at radius 2 is 2.22 bits per heavy atom. The van der Waals surface area contributed by atoms with E-state index in [1.807, 2.05) is 12.3 Å². The van der Waals surface area contributed by atoms with Gasteiger partial charge < -0.3 is 5.73 Å². The molecule has 2 nitrogen and oxygen atoms in total. The summed E-state index contributed by atoms with van der Waals surface area (Å²) in [6, 6.07) is 6.45. The van der Waals surface area contributed by atoms with Gasteiger partial charge in [0, 0.05) is 12.2 Å². The molecule has 0 saturated carbocycles. The minimum atomic E-state index is 0.0731. The monoisotopic (exact) mass is 274 g/mol. The van der Waals surface area contributed by atoms with Crippen LogP contribution in [-0.2, 0) is 6.42 Å². The highest BCUT2D eigenvalue weighted by molar-refractivity contribution is 7.17. The highest BCUT2D eigenvalue weighted by Gasteiger charge is 2.08. The normalized spacial score (nSPS) is 12.9. The summed E-state index contributed by atoms with van der Waals surface area (Å²) >= 11 is 3.46. The second-order valence-electron chi connectivity index (χ2n) is 4.35. The quantitative estimate of drug-likeness (QED) is 0.781. The number of aryl methyl sites for hydroxylation is 1. The topological polar surface area (TPSA) is 38.9 Å². The lowest BCUT2D eigenvalue weighted by molar-refractivity contribution is 0.651. The average Bonchev–Trinajstić information content (AvgIpc) is 3.05. The maximum atomic E-state index is 6.24. The number of hydrogen-bond acceptors (Lipinski definition) is 4. The molecular weight excluding hydrogens is 260 g/mol. The van der Waals surface area contributed by atoms with Crippen molar-refractivity contribution in [3.63, 3.8) is 0 Å². The van der Waals surface area contributed by atoms with E-state index < -0.39 is 0 Å². The van der Waals surface area contributed by atoms with Gasteiger partial charge in [0.15, 0.2) is 0 Å². The Morgan fingerprint density at radius 3 is 3.06 bits per heavy atom. The van der Waals surface area contributed by atoms with Crippen molar-refractivity contribution in [1.29, 1.82) is 0 Å². The van der Waals surface area contributed by atoms with Gasteiger partial charge in [-0.3, -0.25) is 4.98 Å². The van der Waals surface area contributed by atoms with Crippen LogP contribution in [0.3, 0.4) is 0 Å². The van der Waals surface area contributed by atoms with E-state index >= 15 is 0 Å². The molecule has 3 aromatic rings. The summed E-state index contributed by atoms with van der Waals surface area (Å²) in [6.45, 7) is 0. The van der Waals surface area contributed by atoms with Crippen LogP contribution in [0.2, 0.25) is 0 Å². The molecule has 0 aliphatic rings. The zero-order valence-corrected chi connectivity index (χ0v) is 11.5. The lowest BCUT2D eigenvalue weighted by atomic mass is 10.0. The molecule has 0 radical (unpaired) electrons. The van der Waals surface area contributed by atoms with Crippen molar-refractivity contribution in [3.8, 4) is 0 Å². The van der Waals surface area contributed by atoms with Crippen molar-refractivity contribution in [2.75, 3.05) is 0 Å². The van der Waals surface area contributed by atoms with Gasteiger partial charge in [-0.1, -0.05) is 0 Å².